The summed E-state index contributed by atoms with van der Waals surface area (Å²) in [4.78, 5) is 42.5. The Morgan fingerprint density at radius 2 is 2.00 bits per heavy atom. The van der Waals surface area contributed by atoms with Gasteiger partial charge in [0, 0.05) is 36.7 Å². The molecule has 2 N–H and O–H groups in total. The predicted octanol–water partition coefficient (Wildman–Crippen LogP) is 2.27. The summed E-state index contributed by atoms with van der Waals surface area (Å²) in [5, 5.41) is 9.10. The summed E-state index contributed by atoms with van der Waals surface area (Å²) < 4.78 is 42.7. The first-order chi connectivity index (χ1) is 16.2. The summed E-state index contributed by atoms with van der Waals surface area (Å²) in [6.07, 6.45) is -1.32. The molecule has 9 nitrogen and oxygen atoms in total. The third-order valence-corrected chi connectivity index (χ3v) is 6.67. The van der Waals surface area contributed by atoms with Gasteiger partial charge in [0.25, 0.3) is 5.91 Å². The number of hydrogen-bond acceptors (Lipinski definition) is 6. The zero-order valence-electron chi connectivity index (χ0n) is 18.0. The Morgan fingerprint density at radius 1 is 1.21 bits per heavy atom. The first-order valence-corrected chi connectivity index (χ1v) is 11.1. The summed E-state index contributed by atoms with van der Waals surface area (Å²) in [5.74, 6) is -2.70. The van der Waals surface area contributed by atoms with E-state index in [0.717, 1.165) is 31.2 Å². The van der Waals surface area contributed by atoms with E-state index in [1.54, 1.807) is 17.0 Å². The molecule has 2 fully saturated rings. The van der Waals surface area contributed by atoms with Gasteiger partial charge in [-0.15, -0.1) is 0 Å². The maximum Gasteiger partial charge on any atom is 0.471 e. The number of nitrogens with one attached hydrogen (secondary N) is 2. The average Bonchev–Trinajstić information content (AvgIpc) is 3.53. The largest absolute Gasteiger partial charge is 0.471 e. The molecule has 1 aromatic heterocycles. The van der Waals surface area contributed by atoms with E-state index in [4.69, 9.17) is 0 Å². The smallest absolute Gasteiger partial charge is 0.355 e. The van der Waals surface area contributed by atoms with Crippen molar-refractivity contribution in [2.75, 3.05) is 6.54 Å². The second-order valence-electron chi connectivity index (χ2n) is 8.90. The third kappa shape index (κ3) is 4.12. The molecule has 0 spiro atoms. The number of carbonyl (C=O) groups is 3. The summed E-state index contributed by atoms with van der Waals surface area (Å²) in [6.45, 7) is 0.653. The average molecular weight is 477 g/mol. The fourth-order valence-electron chi connectivity index (χ4n) is 4.93. The first kappa shape index (κ1) is 22.4. The molecule has 12 heteroatoms. The molecule has 1 aliphatic carbocycles. The van der Waals surface area contributed by atoms with Gasteiger partial charge in [-0.2, -0.15) is 18.2 Å². The number of rotatable bonds is 4. The number of benzene rings is 1. The summed E-state index contributed by atoms with van der Waals surface area (Å²) in [7, 11) is 0. The van der Waals surface area contributed by atoms with Crippen molar-refractivity contribution in [1.82, 2.24) is 25.7 Å². The van der Waals surface area contributed by atoms with Crippen molar-refractivity contribution in [3.05, 3.63) is 35.2 Å². The van der Waals surface area contributed by atoms with Gasteiger partial charge in [-0.3, -0.25) is 14.4 Å². The zero-order chi connectivity index (χ0) is 24.0. The van der Waals surface area contributed by atoms with E-state index in [-0.39, 0.29) is 47.6 Å². The lowest BCUT2D eigenvalue weighted by Gasteiger charge is -2.38. The van der Waals surface area contributed by atoms with Gasteiger partial charge in [-0.25, -0.2) is 0 Å². The highest BCUT2D eigenvalue weighted by atomic mass is 19.4. The second-order valence-corrected chi connectivity index (χ2v) is 8.90. The topological polar surface area (TPSA) is 117 Å². The van der Waals surface area contributed by atoms with Gasteiger partial charge >= 0.3 is 12.1 Å². The molecule has 2 aliphatic heterocycles. The van der Waals surface area contributed by atoms with Crippen LogP contribution in [0.4, 0.5) is 13.2 Å². The normalized spacial score (nSPS) is 24.8. The molecule has 1 saturated carbocycles. The minimum absolute atomic E-state index is 0.148. The van der Waals surface area contributed by atoms with E-state index < -0.39 is 18.0 Å². The van der Waals surface area contributed by atoms with Gasteiger partial charge in [0.15, 0.2) is 0 Å². The molecule has 180 valence electrons. The van der Waals surface area contributed by atoms with E-state index in [2.05, 4.69) is 25.3 Å². The van der Waals surface area contributed by atoms with Crippen LogP contribution in [0.1, 0.15) is 53.9 Å². The van der Waals surface area contributed by atoms with Crippen LogP contribution in [0.15, 0.2) is 22.7 Å². The van der Waals surface area contributed by atoms with Gasteiger partial charge in [-0.05, 0) is 24.5 Å². The van der Waals surface area contributed by atoms with E-state index >= 15 is 0 Å². The van der Waals surface area contributed by atoms with Crippen molar-refractivity contribution in [3.63, 3.8) is 0 Å². The van der Waals surface area contributed by atoms with Crippen LogP contribution in [0, 0.1) is 5.92 Å². The van der Waals surface area contributed by atoms with Crippen LogP contribution in [-0.4, -0.2) is 51.4 Å². The van der Waals surface area contributed by atoms with Gasteiger partial charge in [-0.1, -0.05) is 30.1 Å². The fraction of sp³-hybridized carbons (Fsp3) is 0.500. The number of alkyl halides is 3. The van der Waals surface area contributed by atoms with Crippen molar-refractivity contribution in [1.29, 1.82) is 0 Å². The summed E-state index contributed by atoms with van der Waals surface area (Å²) >= 11 is 0. The monoisotopic (exact) mass is 477 g/mol. The third-order valence-electron chi connectivity index (χ3n) is 6.67. The van der Waals surface area contributed by atoms with Crippen molar-refractivity contribution in [3.8, 4) is 11.4 Å². The lowest BCUT2D eigenvalue weighted by Crippen LogP contribution is -2.54. The van der Waals surface area contributed by atoms with Crippen LogP contribution in [0.25, 0.3) is 11.4 Å². The molecule has 34 heavy (non-hydrogen) atoms. The quantitative estimate of drug-likeness (QED) is 0.698. The summed E-state index contributed by atoms with van der Waals surface area (Å²) in [5.41, 5.74) is 1.37. The number of hydrogen-bond donors (Lipinski definition) is 2. The molecule has 3 atom stereocenters. The number of carbonyl (C=O) groups excluding carboxylic acids is 3. The Balaban J connectivity index is 1.33. The molecule has 0 radical (unpaired) electrons. The molecule has 0 unspecified atom stereocenters. The number of aromatic nitrogens is 2. The van der Waals surface area contributed by atoms with E-state index in [9.17, 15) is 27.6 Å². The highest BCUT2D eigenvalue weighted by molar-refractivity contribution is 5.99. The van der Waals surface area contributed by atoms with Crippen molar-refractivity contribution >= 4 is 17.7 Å². The Hall–Kier alpha value is -3.44. The van der Waals surface area contributed by atoms with Crippen LogP contribution in [0.2, 0.25) is 0 Å². The van der Waals surface area contributed by atoms with Crippen molar-refractivity contribution in [2.24, 2.45) is 5.92 Å². The molecule has 3 amide bonds. The molecule has 1 aromatic carbocycles. The van der Waals surface area contributed by atoms with Crippen molar-refractivity contribution in [2.45, 2.75) is 56.9 Å². The van der Waals surface area contributed by atoms with Gasteiger partial charge in [0.05, 0.1) is 12.0 Å². The molecular weight excluding hydrogens is 455 g/mol. The number of amides is 3. The second kappa shape index (κ2) is 8.41. The number of nitrogens with zero attached hydrogens (tertiary/aromatic N) is 3. The Morgan fingerprint density at radius 3 is 2.71 bits per heavy atom. The molecule has 0 bridgehead atoms. The van der Waals surface area contributed by atoms with E-state index in [1.165, 1.54) is 6.07 Å². The molecule has 3 heterocycles. The lowest BCUT2D eigenvalue weighted by atomic mass is 9.88. The van der Waals surface area contributed by atoms with Crippen LogP contribution in [0.3, 0.4) is 0 Å². The Kier molecular flexibility index (Phi) is 5.53. The Labute approximate surface area is 192 Å². The van der Waals surface area contributed by atoms with Crippen LogP contribution in [0.5, 0.6) is 0 Å². The zero-order valence-corrected chi connectivity index (χ0v) is 18.0. The minimum atomic E-state index is -4.75. The minimum Gasteiger partial charge on any atom is -0.355 e. The molecule has 5 rings (SSSR count). The molecule has 2 aromatic rings. The molecule has 3 aliphatic rings. The van der Waals surface area contributed by atoms with Crippen LogP contribution < -0.4 is 10.6 Å². The molecule has 1 saturated heterocycles. The molecular formula is C22H22F3N5O4. The van der Waals surface area contributed by atoms with Crippen molar-refractivity contribution < 1.29 is 32.1 Å². The number of halogens is 3. The lowest BCUT2D eigenvalue weighted by molar-refractivity contribution is -0.159. The maximum absolute atomic E-state index is 13.3. The van der Waals surface area contributed by atoms with Gasteiger partial charge in [0.2, 0.25) is 17.6 Å². The predicted molar refractivity (Wildman–Crippen MR) is 110 cm³/mol. The Bertz CT molecular complexity index is 1150. The van der Waals surface area contributed by atoms with Crippen LogP contribution in [-0.2, 0) is 22.3 Å². The van der Waals surface area contributed by atoms with E-state index in [0.29, 0.717) is 18.7 Å². The SMILES string of the molecule is O=C1C[C@H](C(=O)N[C@@H]2CCCC[C@H]2N2Cc3ccc(-c4noc(C(F)(F)F)n4)cc3C2=O)CN1. The van der Waals surface area contributed by atoms with Gasteiger partial charge in [0.1, 0.15) is 0 Å². The standard InChI is InChI=1S/C22H22F3N5O4/c23-22(24,25)21-28-18(29-34-21)11-5-6-12-10-30(20(33)14(12)7-11)16-4-2-1-3-15(16)27-19(32)13-8-17(31)26-9-13/h5-7,13,15-16H,1-4,8-10H2,(H,26,31)(H,27,32)/t13-,15+,16+/m0/s1. The first-order valence-electron chi connectivity index (χ1n) is 11.1. The van der Waals surface area contributed by atoms with Gasteiger partial charge < -0.3 is 20.1 Å². The number of fused-ring (bicyclic) bond motifs is 1. The summed E-state index contributed by atoms with van der Waals surface area (Å²) in [6, 6.07) is 4.27. The highest BCUT2D eigenvalue weighted by Gasteiger charge is 2.41. The van der Waals surface area contributed by atoms with E-state index in [1.807, 2.05) is 0 Å². The fourth-order valence-corrected chi connectivity index (χ4v) is 4.93. The maximum atomic E-state index is 13.3. The highest BCUT2D eigenvalue weighted by Crippen LogP contribution is 2.34. The van der Waals surface area contributed by atoms with Crippen LogP contribution >= 0.6 is 0 Å².